The molecule has 1 N–H and O–H groups in total. The number of thiophene rings is 1. The van der Waals surface area contributed by atoms with Crippen LogP contribution in [0.15, 0.2) is 47.4 Å². The average Bonchev–Trinajstić information content (AvgIpc) is 3.10. The van der Waals surface area contributed by atoms with Crippen molar-refractivity contribution in [1.29, 1.82) is 0 Å². The van der Waals surface area contributed by atoms with Crippen LogP contribution in [0.1, 0.15) is 23.5 Å². The highest BCUT2D eigenvalue weighted by molar-refractivity contribution is 7.93. The molecule has 0 unspecified atom stereocenters. The maximum Gasteiger partial charge on any atom is 0.349 e. The van der Waals surface area contributed by atoms with Gasteiger partial charge >= 0.3 is 5.97 Å². The van der Waals surface area contributed by atoms with Crippen LogP contribution in [0.25, 0.3) is 10.1 Å². The van der Waals surface area contributed by atoms with E-state index in [1.54, 1.807) is 49.4 Å². The second-order valence-electron chi connectivity index (χ2n) is 5.88. The van der Waals surface area contributed by atoms with Gasteiger partial charge < -0.3 is 14.2 Å². The van der Waals surface area contributed by atoms with E-state index in [9.17, 15) is 13.2 Å². The lowest BCUT2D eigenvalue weighted by Gasteiger charge is -2.15. The van der Waals surface area contributed by atoms with E-state index >= 15 is 0 Å². The normalized spacial score (nSPS) is 11.3. The van der Waals surface area contributed by atoms with E-state index in [2.05, 4.69) is 4.72 Å². The minimum Gasteiger partial charge on any atom is -0.494 e. The van der Waals surface area contributed by atoms with Gasteiger partial charge in [-0.05, 0) is 32.0 Å². The molecule has 3 rings (SSSR count). The summed E-state index contributed by atoms with van der Waals surface area (Å²) in [6, 6.07) is 11.8. The largest absolute Gasteiger partial charge is 0.494 e. The Labute approximate surface area is 173 Å². The number of ether oxygens (including phenoxy) is 3. The molecular weight excluding hydrogens is 414 g/mol. The Kier molecular flexibility index (Phi) is 6.29. The van der Waals surface area contributed by atoms with E-state index in [0.29, 0.717) is 34.8 Å². The number of fused-ring (bicyclic) bond motifs is 1. The highest BCUT2D eigenvalue weighted by Crippen LogP contribution is 2.38. The van der Waals surface area contributed by atoms with Crippen molar-refractivity contribution in [1.82, 2.24) is 0 Å². The molecule has 0 saturated carbocycles. The lowest BCUT2D eigenvalue weighted by atomic mass is 10.2. The van der Waals surface area contributed by atoms with Gasteiger partial charge in [0.2, 0.25) is 0 Å². The van der Waals surface area contributed by atoms with Crippen LogP contribution in [0, 0.1) is 0 Å². The number of benzene rings is 2. The fraction of sp³-hybridized carbons (Fsp3) is 0.250. The number of hydrogen-bond acceptors (Lipinski definition) is 7. The standard InChI is InChI=1S/C20H21NO6S2/c1-4-26-13-10-11-16(27-5-2)15(12-13)21-29(23,24)19-14-8-6-7-9-17(14)28-18(19)20(22)25-3/h6-12,21H,4-5H2,1-3H3. The van der Waals surface area contributed by atoms with Gasteiger partial charge in [-0.3, -0.25) is 4.72 Å². The van der Waals surface area contributed by atoms with Gasteiger partial charge in [0, 0.05) is 16.2 Å². The Morgan fingerprint density at radius 3 is 2.48 bits per heavy atom. The van der Waals surface area contributed by atoms with Crippen LogP contribution in [0.5, 0.6) is 11.5 Å². The average molecular weight is 436 g/mol. The summed E-state index contributed by atoms with van der Waals surface area (Å²) in [5.74, 6) is 0.148. The molecule has 0 radical (unpaired) electrons. The van der Waals surface area contributed by atoms with Gasteiger partial charge in [-0.15, -0.1) is 11.3 Å². The number of hydrogen-bond donors (Lipinski definition) is 1. The third kappa shape index (κ3) is 4.30. The Morgan fingerprint density at radius 1 is 1.07 bits per heavy atom. The summed E-state index contributed by atoms with van der Waals surface area (Å²) in [7, 11) is -2.91. The summed E-state index contributed by atoms with van der Waals surface area (Å²) in [5, 5.41) is 0.448. The summed E-state index contributed by atoms with van der Waals surface area (Å²) < 4.78 is 45.7. The fourth-order valence-electron chi connectivity index (χ4n) is 2.84. The molecule has 1 aromatic heterocycles. The first-order valence-electron chi connectivity index (χ1n) is 8.93. The Balaban J connectivity index is 2.13. The van der Waals surface area contributed by atoms with Crippen LogP contribution in [-0.4, -0.2) is 34.7 Å². The molecule has 9 heteroatoms. The van der Waals surface area contributed by atoms with Crippen molar-refractivity contribution < 1.29 is 27.4 Å². The first kappa shape index (κ1) is 20.9. The van der Waals surface area contributed by atoms with Gasteiger partial charge in [-0.1, -0.05) is 18.2 Å². The van der Waals surface area contributed by atoms with Crippen LogP contribution in [0.2, 0.25) is 0 Å². The van der Waals surface area contributed by atoms with Crippen molar-refractivity contribution in [2.75, 3.05) is 25.0 Å². The van der Waals surface area contributed by atoms with Gasteiger partial charge in [0.15, 0.2) is 0 Å². The molecule has 29 heavy (non-hydrogen) atoms. The predicted molar refractivity (Wildman–Crippen MR) is 113 cm³/mol. The lowest BCUT2D eigenvalue weighted by Crippen LogP contribution is -2.17. The lowest BCUT2D eigenvalue weighted by molar-refractivity contribution is 0.0602. The van der Waals surface area contributed by atoms with Crippen molar-refractivity contribution in [2.24, 2.45) is 0 Å². The first-order chi connectivity index (χ1) is 13.9. The number of carbonyl (C=O) groups excluding carboxylic acids is 1. The molecule has 2 aromatic carbocycles. The van der Waals surface area contributed by atoms with Gasteiger partial charge in [0.1, 0.15) is 21.3 Å². The SMILES string of the molecule is CCOc1ccc(OCC)c(NS(=O)(=O)c2c(C(=O)OC)sc3ccccc23)c1. The van der Waals surface area contributed by atoms with Crippen molar-refractivity contribution in [3.8, 4) is 11.5 Å². The molecule has 0 bridgehead atoms. The number of sulfonamides is 1. The zero-order chi connectivity index (χ0) is 21.0. The third-order valence-electron chi connectivity index (χ3n) is 4.00. The highest BCUT2D eigenvalue weighted by atomic mass is 32.2. The Bertz CT molecular complexity index is 1140. The second-order valence-corrected chi connectivity index (χ2v) is 8.55. The van der Waals surface area contributed by atoms with E-state index in [4.69, 9.17) is 14.2 Å². The van der Waals surface area contributed by atoms with Gasteiger partial charge in [-0.2, -0.15) is 0 Å². The molecule has 0 amide bonds. The molecule has 0 aliphatic rings. The molecular formula is C20H21NO6S2. The van der Waals surface area contributed by atoms with Gasteiger partial charge in [0.05, 0.1) is 26.0 Å². The van der Waals surface area contributed by atoms with Crippen LogP contribution in [0.3, 0.4) is 0 Å². The van der Waals surface area contributed by atoms with Crippen LogP contribution in [0.4, 0.5) is 5.69 Å². The number of rotatable bonds is 8. The quantitative estimate of drug-likeness (QED) is 0.531. The van der Waals surface area contributed by atoms with Crippen LogP contribution < -0.4 is 14.2 Å². The minimum atomic E-state index is -4.13. The van der Waals surface area contributed by atoms with Gasteiger partial charge in [-0.25, -0.2) is 13.2 Å². The number of anilines is 1. The monoisotopic (exact) mass is 435 g/mol. The van der Waals surface area contributed by atoms with Crippen molar-refractivity contribution >= 4 is 43.1 Å². The van der Waals surface area contributed by atoms with E-state index in [1.165, 1.54) is 7.11 Å². The van der Waals surface area contributed by atoms with Crippen molar-refractivity contribution in [3.05, 3.63) is 47.3 Å². The smallest absolute Gasteiger partial charge is 0.349 e. The summed E-state index contributed by atoms with van der Waals surface area (Å²) in [6.07, 6.45) is 0. The maximum absolute atomic E-state index is 13.3. The number of esters is 1. The molecule has 0 fully saturated rings. The molecule has 154 valence electrons. The third-order valence-corrected chi connectivity index (χ3v) is 6.73. The molecule has 0 saturated heterocycles. The number of methoxy groups -OCH3 is 1. The highest BCUT2D eigenvalue weighted by Gasteiger charge is 2.29. The van der Waals surface area contributed by atoms with E-state index < -0.39 is 16.0 Å². The fourth-order valence-corrected chi connectivity index (χ4v) is 5.72. The Morgan fingerprint density at radius 2 is 1.79 bits per heavy atom. The molecule has 7 nitrogen and oxygen atoms in total. The zero-order valence-corrected chi connectivity index (χ0v) is 17.9. The topological polar surface area (TPSA) is 90.9 Å². The van der Waals surface area contributed by atoms with Crippen LogP contribution >= 0.6 is 11.3 Å². The predicted octanol–water partition coefficient (Wildman–Crippen LogP) is 4.29. The van der Waals surface area contributed by atoms with Gasteiger partial charge in [0.25, 0.3) is 10.0 Å². The van der Waals surface area contributed by atoms with E-state index in [0.717, 1.165) is 11.3 Å². The summed E-state index contributed by atoms with van der Waals surface area (Å²) in [4.78, 5) is 12.2. The molecule has 0 atom stereocenters. The zero-order valence-electron chi connectivity index (χ0n) is 16.2. The molecule has 0 aliphatic heterocycles. The molecule has 3 aromatic rings. The maximum atomic E-state index is 13.3. The van der Waals surface area contributed by atoms with Crippen molar-refractivity contribution in [3.63, 3.8) is 0 Å². The summed E-state index contributed by atoms with van der Waals surface area (Å²) in [5.41, 5.74) is 0.226. The van der Waals surface area contributed by atoms with E-state index in [-0.39, 0.29) is 15.5 Å². The van der Waals surface area contributed by atoms with Crippen LogP contribution in [-0.2, 0) is 14.8 Å². The molecule has 0 spiro atoms. The summed E-state index contributed by atoms with van der Waals surface area (Å²) >= 11 is 1.07. The first-order valence-corrected chi connectivity index (χ1v) is 11.2. The molecule has 1 heterocycles. The summed E-state index contributed by atoms with van der Waals surface area (Å²) in [6.45, 7) is 4.43. The second kappa shape index (κ2) is 8.71. The number of nitrogens with one attached hydrogen (secondary N) is 1. The minimum absolute atomic E-state index is 0.0140. The van der Waals surface area contributed by atoms with Crippen molar-refractivity contribution in [2.45, 2.75) is 18.7 Å². The molecule has 0 aliphatic carbocycles. The Hall–Kier alpha value is -2.78. The van der Waals surface area contributed by atoms with E-state index in [1.807, 2.05) is 6.92 Å². The number of carbonyl (C=O) groups is 1.